The van der Waals surface area contributed by atoms with Crippen LogP contribution < -0.4 is 5.32 Å². The van der Waals surface area contributed by atoms with Crippen LogP contribution in [0.5, 0.6) is 0 Å². The lowest BCUT2D eigenvalue weighted by Gasteiger charge is -2.29. The van der Waals surface area contributed by atoms with E-state index >= 15 is 0 Å². The summed E-state index contributed by atoms with van der Waals surface area (Å²) in [6.45, 7) is 2.27. The molecule has 1 aromatic heterocycles. The number of carbonyl (C=O) groups is 1. The van der Waals surface area contributed by atoms with E-state index in [4.69, 9.17) is 0 Å². The van der Waals surface area contributed by atoms with Gasteiger partial charge in [0.25, 0.3) is 0 Å². The number of likely N-dealkylation sites (tertiary alicyclic amines) is 1. The standard InChI is InChI=1S/C17H21BrN4O2/c18-15-6-2-1-4-13(15)10-22-16(7-8-19-22)20-17(24)12-21-9-3-5-14(23)11-21/h1-2,4,6-8,14,23H,3,5,9-12H2,(H,20,24). The summed E-state index contributed by atoms with van der Waals surface area (Å²) in [6.07, 6.45) is 3.09. The highest BCUT2D eigenvalue weighted by Gasteiger charge is 2.20. The second-order valence-corrected chi connectivity index (χ2v) is 6.90. The SMILES string of the molecule is O=C(CN1CCCC(O)C1)Nc1ccnn1Cc1ccccc1Br. The minimum Gasteiger partial charge on any atom is -0.392 e. The summed E-state index contributed by atoms with van der Waals surface area (Å²) < 4.78 is 2.78. The van der Waals surface area contributed by atoms with Gasteiger partial charge in [0, 0.05) is 17.1 Å². The molecular formula is C17H21BrN4O2. The number of aromatic nitrogens is 2. The van der Waals surface area contributed by atoms with Gasteiger partial charge in [0.05, 0.1) is 25.4 Å². The maximum atomic E-state index is 12.3. The van der Waals surface area contributed by atoms with Gasteiger partial charge in [-0.15, -0.1) is 0 Å². The highest BCUT2D eigenvalue weighted by atomic mass is 79.9. The van der Waals surface area contributed by atoms with Crippen molar-refractivity contribution in [3.63, 3.8) is 0 Å². The van der Waals surface area contributed by atoms with E-state index in [1.807, 2.05) is 29.2 Å². The number of hydrogen-bond donors (Lipinski definition) is 2. The van der Waals surface area contributed by atoms with Gasteiger partial charge in [0.1, 0.15) is 5.82 Å². The van der Waals surface area contributed by atoms with Crippen molar-refractivity contribution >= 4 is 27.7 Å². The third kappa shape index (κ3) is 4.43. The van der Waals surface area contributed by atoms with Crippen molar-refractivity contribution in [1.82, 2.24) is 14.7 Å². The van der Waals surface area contributed by atoms with Crippen LogP contribution in [-0.2, 0) is 11.3 Å². The highest BCUT2D eigenvalue weighted by molar-refractivity contribution is 9.10. The summed E-state index contributed by atoms with van der Waals surface area (Å²) in [5, 5.41) is 16.9. The number of carbonyl (C=O) groups excluding carboxylic acids is 1. The first-order chi connectivity index (χ1) is 11.6. The summed E-state index contributed by atoms with van der Waals surface area (Å²) in [4.78, 5) is 14.3. The Hall–Kier alpha value is -1.70. The maximum absolute atomic E-state index is 12.3. The lowest BCUT2D eigenvalue weighted by atomic mass is 10.1. The molecule has 2 heterocycles. The number of piperidine rings is 1. The van der Waals surface area contributed by atoms with Gasteiger partial charge in [-0.05, 0) is 31.0 Å². The third-order valence-corrected chi connectivity index (χ3v) is 4.88. The van der Waals surface area contributed by atoms with E-state index in [0.29, 0.717) is 18.9 Å². The molecule has 1 fully saturated rings. The van der Waals surface area contributed by atoms with E-state index in [9.17, 15) is 9.90 Å². The highest BCUT2D eigenvalue weighted by Crippen LogP contribution is 2.19. The summed E-state index contributed by atoms with van der Waals surface area (Å²) in [7, 11) is 0. The van der Waals surface area contributed by atoms with Crippen molar-refractivity contribution in [1.29, 1.82) is 0 Å². The van der Waals surface area contributed by atoms with Crippen LogP contribution in [0.3, 0.4) is 0 Å². The van der Waals surface area contributed by atoms with Crippen molar-refractivity contribution in [2.45, 2.75) is 25.5 Å². The van der Waals surface area contributed by atoms with E-state index in [0.717, 1.165) is 29.4 Å². The molecule has 2 N–H and O–H groups in total. The average Bonchev–Trinajstić information content (AvgIpc) is 2.96. The molecule has 128 valence electrons. The summed E-state index contributed by atoms with van der Waals surface area (Å²) in [5.74, 6) is 0.589. The fourth-order valence-corrected chi connectivity index (χ4v) is 3.32. The average molecular weight is 393 g/mol. The first-order valence-electron chi connectivity index (χ1n) is 8.07. The molecule has 2 aromatic rings. The lowest BCUT2D eigenvalue weighted by molar-refractivity contribution is -0.118. The lowest BCUT2D eigenvalue weighted by Crippen LogP contribution is -2.42. The molecule has 24 heavy (non-hydrogen) atoms. The van der Waals surface area contributed by atoms with Crippen LogP contribution in [0.15, 0.2) is 41.0 Å². The molecule has 1 unspecified atom stereocenters. The van der Waals surface area contributed by atoms with Gasteiger partial charge in [0.2, 0.25) is 5.91 Å². The normalized spacial score (nSPS) is 18.5. The van der Waals surface area contributed by atoms with E-state index in [2.05, 4.69) is 26.3 Å². The van der Waals surface area contributed by atoms with Crippen molar-refractivity contribution in [3.05, 3.63) is 46.6 Å². The first kappa shape index (κ1) is 17.1. The van der Waals surface area contributed by atoms with Crippen LogP contribution in [0.25, 0.3) is 0 Å². The number of benzene rings is 1. The molecule has 0 spiro atoms. The van der Waals surface area contributed by atoms with Gasteiger partial charge < -0.3 is 10.4 Å². The fraction of sp³-hybridized carbons (Fsp3) is 0.412. The first-order valence-corrected chi connectivity index (χ1v) is 8.86. The Morgan fingerprint density at radius 3 is 3.00 bits per heavy atom. The summed E-state index contributed by atoms with van der Waals surface area (Å²) >= 11 is 3.53. The molecule has 7 heteroatoms. The quantitative estimate of drug-likeness (QED) is 0.816. The number of nitrogens with zero attached hydrogens (tertiary/aromatic N) is 3. The van der Waals surface area contributed by atoms with Crippen LogP contribution in [0, 0.1) is 0 Å². The van der Waals surface area contributed by atoms with Crippen molar-refractivity contribution < 1.29 is 9.90 Å². The molecule has 3 rings (SSSR count). The monoisotopic (exact) mass is 392 g/mol. The summed E-state index contributed by atoms with van der Waals surface area (Å²) in [6, 6.07) is 9.74. The molecule has 0 bridgehead atoms. The minimum atomic E-state index is -0.326. The molecule has 1 saturated heterocycles. The molecule has 1 aromatic carbocycles. The number of rotatable bonds is 5. The van der Waals surface area contributed by atoms with Gasteiger partial charge in [-0.3, -0.25) is 9.69 Å². The Balaban J connectivity index is 1.61. The Labute approximate surface area is 149 Å². The van der Waals surface area contributed by atoms with Crippen molar-refractivity contribution in [3.8, 4) is 0 Å². The molecule has 1 aliphatic rings. The molecule has 1 aliphatic heterocycles. The fourth-order valence-electron chi connectivity index (χ4n) is 2.91. The van der Waals surface area contributed by atoms with Gasteiger partial charge >= 0.3 is 0 Å². The third-order valence-electron chi connectivity index (χ3n) is 4.11. The van der Waals surface area contributed by atoms with Gasteiger partial charge in [-0.25, -0.2) is 4.68 Å². The van der Waals surface area contributed by atoms with E-state index < -0.39 is 0 Å². The van der Waals surface area contributed by atoms with Gasteiger partial charge in [0.15, 0.2) is 0 Å². The Morgan fingerprint density at radius 2 is 2.21 bits per heavy atom. The van der Waals surface area contributed by atoms with Crippen LogP contribution in [0.1, 0.15) is 18.4 Å². The zero-order chi connectivity index (χ0) is 16.9. The minimum absolute atomic E-state index is 0.0852. The molecule has 0 radical (unpaired) electrons. The topological polar surface area (TPSA) is 70.4 Å². The molecular weight excluding hydrogens is 372 g/mol. The van der Waals surface area contributed by atoms with Crippen molar-refractivity contribution in [2.75, 3.05) is 25.0 Å². The van der Waals surface area contributed by atoms with Gasteiger partial charge in [-0.1, -0.05) is 34.1 Å². The van der Waals surface area contributed by atoms with E-state index in [1.54, 1.807) is 16.9 Å². The largest absolute Gasteiger partial charge is 0.392 e. The second-order valence-electron chi connectivity index (χ2n) is 6.04. The van der Waals surface area contributed by atoms with E-state index in [-0.39, 0.29) is 18.6 Å². The van der Waals surface area contributed by atoms with E-state index in [1.165, 1.54) is 0 Å². The molecule has 0 saturated carbocycles. The number of β-amino-alcohol motifs (C(OH)–C–C–N with tert-alkyl or cyclic N) is 1. The van der Waals surface area contributed by atoms with Gasteiger partial charge in [-0.2, -0.15) is 5.10 Å². The number of anilines is 1. The summed E-state index contributed by atoms with van der Waals surface area (Å²) in [5.41, 5.74) is 1.09. The van der Waals surface area contributed by atoms with Crippen LogP contribution in [0.4, 0.5) is 5.82 Å². The smallest absolute Gasteiger partial charge is 0.239 e. The molecule has 1 amide bonds. The number of aliphatic hydroxyl groups is 1. The molecule has 1 atom stereocenters. The van der Waals surface area contributed by atoms with Crippen molar-refractivity contribution in [2.24, 2.45) is 0 Å². The molecule has 0 aliphatic carbocycles. The Morgan fingerprint density at radius 1 is 1.38 bits per heavy atom. The number of amides is 1. The second kappa shape index (κ2) is 7.92. The number of hydrogen-bond acceptors (Lipinski definition) is 4. The number of aliphatic hydroxyl groups excluding tert-OH is 1. The molecule has 6 nitrogen and oxygen atoms in total. The van der Waals surface area contributed by atoms with Crippen LogP contribution in [-0.4, -0.2) is 51.4 Å². The Kier molecular flexibility index (Phi) is 5.65. The zero-order valence-corrected chi connectivity index (χ0v) is 14.9. The number of nitrogens with one attached hydrogen (secondary N) is 1. The zero-order valence-electron chi connectivity index (χ0n) is 13.4. The van der Waals surface area contributed by atoms with Crippen LogP contribution >= 0.6 is 15.9 Å². The Bertz CT molecular complexity index is 703. The predicted molar refractivity (Wildman–Crippen MR) is 95.8 cm³/mol. The predicted octanol–water partition coefficient (Wildman–Crippen LogP) is 2.09. The maximum Gasteiger partial charge on any atom is 0.239 e. The van der Waals surface area contributed by atoms with Crippen LogP contribution in [0.2, 0.25) is 0 Å². The number of halogens is 1.